The van der Waals surface area contributed by atoms with Gasteiger partial charge in [-0.2, -0.15) is 0 Å². The molecule has 10 heteroatoms. The van der Waals surface area contributed by atoms with E-state index in [0.717, 1.165) is 36.4 Å². The van der Waals surface area contributed by atoms with Crippen LogP contribution in [-0.4, -0.2) is 51.9 Å². The monoisotopic (exact) mass is 532 g/mol. The molecule has 2 bridgehead atoms. The average Bonchev–Trinajstić information content (AvgIpc) is 3.64. The number of hydrazine groups is 1. The normalized spacial score (nSPS) is 27.9. The number of carbonyl (C=O) groups excluding carboxylic acids is 2. The second-order valence-corrected chi connectivity index (χ2v) is 12.4. The summed E-state index contributed by atoms with van der Waals surface area (Å²) in [6.07, 6.45) is 3.05. The lowest BCUT2D eigenvalue weighted by Crippen LogP contribution is -2.57. The number of fused-ring (bicyclic) bond motifs is 2. The second-order valence-electron chi connectivity index (χ2n) is 12.4. The average molecular weight is 533 g/mol. The molecule has 1 aromatic carbocycles. The predicted molar refractivity (Wildman–Crippen MR) is 145 cm³/mol. The fraction of sp³-hybridized carbons (Fsp3) is 0.517. The third-order valence-corrected chi connectivity index (χ3v) is 8.35. The molecule has 3 unspecified atom stereocenters. The molecule has 0 radical (unpaired) electrons. The summed E-state index contributed by atoms with van der Waals surface area (Å²) in [4.78, 5) is 32.4. The number of aromatic nitrogens is 3. The number of hydrogen-bond donors (Lipinski definition) is 2. The molecule has 4 atom stereocenters. The van der Waals surface area contributed by atoms with E-state index in [1.807, 2.05) is 17.6 Å². The summed E-state index contributed by atoms with van der Waals surface area (Å²) >= 11 is 0. The minimum absolute atomic E-state index is 0.0500. The first-order chi connectivity index (χ1) is 18.5. The molecule has 39 heavy (non-hydrogen) atoms. The third kappa shape index (κ3) is 4.40. The van der Waals surface area contributed by atoms with E-state index in [9.17, 15) is 9.59 Å². The lowest BCUT2D eigenvalue weighted by atomic mass is 9.63. The molecule has 2 amide bonds. The Bertz CT molecular complexity index is 1430. The van der Waals surface area contributed by atoms with Crippen molar-refractivity contribution in [3.8, 4) is 0 Å². The zero-order valence-corrected chi connectivity index (χ0v) is 23.2. The van der Waals surface area contributed by atoms with Crippen LogP contribution in [-0.2, 0) is 25.3 Å². The van der Waals surface area contributed by atoms with E-state index < -0.39 is 23.2 Å². The highest BCUT2D eigenvalue weighted by atomic mass is 16.6. The van der Waals surface area contributed by atoms with Gasteiger partial charge in [0.25, 0.3) is 0 Å². The zero-order chi connectivity index (χ0) is 27.6. The molecule has 3 aliphatic heterocycles. The van der Waals surface area contributed by atoms with E-state index in [-0.39, 0.29) is 17.2 Å². The van der Waals surface area contributed by atoms with Crippen LogP contribution < -0.4 is 15.8 Å². The van der Waals surface area contributed by atoms with Gasteiger partial charge in [-0.15, -0.1) is 5.10 Å². The van der Waals surface area contributed by atoms with Gasteiger partial charge in [0.15, 0.2) is 11.5 Å². The van der Waals surface area contributed by atoms with Crippen LogP contribution >= 0.6 is 0 Å². The Morgan fingerprint density at radius 3 is 2.67 bits per heavy atom. The molecular formula is C29H36N6O4. The van der Waals surface area contributed by atoms with Gasteiger partial charge in [0.1, 0.15) is 11.2 Å². The predicted octanol–water partition coefficient (Wildman–Crippen LogP) is 3.62. The first-order valence-electron chi connectivity index (χ1n) is 13.6. The molecule has 7 rings (SSSR count). The fourth-order valence-electron chi connectivity index (χ4n) is 6.37. The molecule has 206 valence electrons. The number of aryl methyl sites for hydroxylation is 1. The van der Waals surface area contributed by atoms with Crippen LogP contribution in [0.5, 0.6) is 0 Å². The van der Waals surface area contributed by atoms with Crippen molar-refractivity contribution < 1.29 is 19.1 Å². The number of nitrogens with zero attached hydrogens (tertiary/aromatic N) is 4. The molecule has 10 nitrogen and oxygen atoms in total. The van der Waals surface area contributed by atoms with Crippen LogP contribution in [0.4, 0.5) is 10.5 Å². The fourth-order valence-corrected chi connectivity index (χ4v) is 6.37. The number of anilines is 1. The van der Waals surface area contributed by atoms with Crippen molar-refractivity contribution in [2.24, 2.45) is 11.8 Å². The summed E-state index contributed by atoms with van der Waals surface area (Å²) in [5.41, 5.74) is 7.59. The van der Waals surface area contributed by atoms with E-state index in [0.29, 0.717) is 18.9 Å². The number of hydrogen-bond acceptors (Lipinski definition) is 7. The van der Waals surface area contributed by atoms with Gasteiger partial charge < -0.3 is 14.4 Å². The Kier molecular flexibility index (Phi) is 5.87. The van der Waals surface area contributed by atoms with E-state index in [4.69, 9.17) is 19.6 Å². The Morgan fingerprint density at radius 1 is 1.18 bits per heavy atom. The van der Waals surface area contributed by atoms with Gasteiger partial charge in [0.2, 0.25) is 5.91 Å². The summed E-state index contributed by atoms with van der Waals surface area (Å²) < 4.78 is 13.2. The number of rotatable bonds is 4. The molecule has 3 saturated heterocycles. The van der Waals surface area contributed by atoms with Gasteiger partial charge in [-0.25, -0.2) is 19.7 Å². The van der Waals surface area contributed by atoms with Crippen LogP contribution in [0.15, 0.2) is 42.6 Å². The number of pyridine rings is 1. The third-order valence-electron chi connectivity index (χ3n) is 8.35. The molecular weight excluding hydrogens is 496 g/mol. The molecule has 1 aliphatic carbocycles. The standard InChI is InChI=1S/C29H36N6O4/c1-18-13-21(34-12-11-28(5,17-34)20-9-7-6-8-10-20)15-35-23(18)30-25(33-35)29-14-19(16-38-29)22(29)24(36)31-32-26(37)39-27(2,3)4/h6-10,13,15,19,22H,11-12,14,16-17H2,1-5H3,(H,31,36)(H,32,37)/t19?,22?,28-,29?/m0/s1. The van der Waals surface area contributed by atoms with E-state index in [1.54, 1.807) is 20.8 Å². The van der Waals surface area contributed by atoms with Gasteiger partial charge in [-0.1, -0.05) is 37.3 Å². The van der Waals surface area contributed by atoms with Crippen molar-refractivity contribution in [1.29, 1.82) is 0 Å². The van der Waals surface area contributed by atoms with E-state index in [1.165, 1.54) is 5.56 Å². The van der Waals surface area contributed by atoms with Gasteiger partial charge in [0, 0.05) is 24.4 Å². The van der Waals surface area contributed by atoms with Crippen LogP contribution in [0.3, 0.4) is 0 Å². The Hall–Kier alpha value is -3.66. The number of amides is 2. The van der Waals surface area contributed by atoms with Crippen LogP contribution in [0.25, 0.3) is 5.65 Å². The molecule has 1 saturated carbocycles. The van der Waals surface area contributed by atoms with E-state index in [2.05, 4.69) is 59.1 Å². The summed E-state index contributed by atoms with van der Waals surface area (Å²) in [7, 11) is 0. The largest absolute Gasteiger partial charge is 0.443 e. The van der Waals surface area contributed by atoms with Crippen molar-refractivity contribution in [2.45, 2.75) is 64.1 Å². The van der Waals surface area contributed by atoms with E-state index >= 15 is 0 Å². The maximum absolute atomic E-state index is 13.1. The van der Waals surface area contributed by atoms with Crippen LogP contribution in [0.1, 0.15) is 57.5 Å². The quantitative estimate of drug-likeness (QED) is 0.494. The lowest BCUT2D eigenvalue weighted by Gasteiger charge is -2.41. The molecule has 0 spiro atoms. The van der Waals surface area contributed by atoms with Crippen molar-refractivity contribution >= 4 is 23.3 Å². The van der Waals surface area contributed by atoms with Crippen molar-refractivity contribution in [3.63, 3.8) is 0 Å². The van der Waals surface area contributed by atoms with Gasteiger partial charge >= 0.3 is 6.09 Å². The smallest absolute Gasteiger partial charge is 0.426 e. The minimum atomic E-state index is -0.900. The molecule has 4 aliphatic rings. The molecule has 3 aromatic rings. The summed E-state index contributed by atoms with van der Waals surface area (Å²) in [6, 6.07) is 12.9. The van der Waals surface area contributed by atoms with Crippen molar-refractivity contribution in [1.82, 2.24) is 25.4 Å². The summed E-state index contributed by atoms with van der Waals surface area (Å²) in [6.45, 7) is 12.0. The highest BCUT2D eigenvalue weighted by Gasteiger charge is 2.67. The molecule has 4 fully saturated rings. The van der Waals surface area contributed by atoms with Gasteiger partial charge in [0.05, 0.1) is 24.4 Å². The summed E-state index contributed by atoms with van der Waals surface area (Å²) in [5, 5.41) is 4.83. The maximum atomic E-state index is 13.1. The Labute approximate surface area is 228 Å². The topological polar surface area (TPSA) is 110 Å². The van der Waals surface area contributed by atoms with Crippen LogP contribution in [0, 0.1) is 18.8 Å². The van der Waals surface area contributed by atoms with Gasteiger partial charge in [-0.3, -0.25) is 10.2 Å². The Balaban J connectivity index is 1.21. The highest BCUT2D eigenvalue weighted by Crippen LogP contribution is 2.59. The maximum Gasteiger partial charge on any atom is 0.426 e. The molecule has 2 aromatic heterocycles. The molecule has 5 heterocycles. The zero-order valence-electron chi connectivity index (χ0n) is 23.2. The SMILES string of the molecule is Cc1cc(N2CC[C@](C)(c3ccccc3)C2)cn2nc(C34CC(CO3)C4C(=O)NNC(=O)OC(C)(C)C)nc12. The highest BCUT2D eigenvalue weighted by molar-refractivity contribution is 5.84. The Morgan fingerprint density at radius 2 is 1.95 bits per heavy atom. The van der Waals surface area contributed by atoms with Gasteiger partial charge in [-0.05, 0) is 57.7 Å². The first kappa shape index (κ1) is 25.6. The number of nitrogens with one attached hydrogen (secondary N) is 2. The number of carbonyl (C=O) groups is 2. The van der Waals surface area contributed by atoms with Crippen molar-refractivity contribution in [2.75, 3.05) is 24.6 Å². The number of benzene rings is 1. The minimum Gasteiger partial charge on any atom is -0.443 e. The first-order valence-corrected chi connectivity index (χ1v) is 13.6. The lowest BCUT2D eigenvalue weighted by molar-refractivity contribution is -0.144. The molecule has 2 N–H and O–H groups in total. The number of ether oxygens (including phenoxy) is 2. The van der Waals surface area contributed by atoms with Crippen molar-refractivity contribution in [3.05, 3.63) is 59.5 Å². The van der Waals surface area contributed by atoms with Crippen LogP contribution in [0.2, 0.25) is 0 Å². The summed E-state index contributed by atoms with van der Waals surface area (Å²) in [5.74, 6) is -0.267. The second kappa shape index (κ2) is 8.94.